The molecule has 0 aliphatic carbocycles. The monoisotopic (exact) mass is 275 g/mol. The van der Waals surface area contributed by atoms with Crippen molar-refractivity contribution >= 4 is 0 Å². The summed E-state index contributed by atoms with van der Waals surface area (Å²) >= 11 is 0. The average Bonchev–Trinajstić information content (AvgIpc) is 2.80. The Morgan fingerprint density at radius 1 is 1.20 bits per heavy atom. The first-order valence-electron chi connectivity index (χ1n) is 7.05. The molecule has 1 aromatic heterocycles. The molecule has 0 atom stereocenters. The van der Waals surface area contributed by atoms with E-state index in [2.05, 4.69) is 38.1 Å². The number of hydrogen-bond donors (Lipinski definition) is 1. The van der Waals surface area contributed by atoms with Crippen LogP contribution in [0.15, 0.2) is 30.5 Å². The summed E-state index contributed by atoms with van der Waals surface area (Å²) in [5.41, 5.74) is 2.69. The van der Waals surface area contributed by atoms with E-state index in [1.807, 2.05) is 12.3 Å². The Morgan fingerprint density at radius 2 is 1.90 bits per heavy atom. The van der Waals surface area contributed by atoms with Gasteiger partial charge in [0, 0.05) is 18.2 Å². The van der Waals surface area contributed by atoms with Crippen molar-refractivity contribution < 1.29 is 4.39 Å². The summed E-state index contributed by atoms with van der Waals surface area (Å²) < 4.78 is 15.7. The molecule has 4 heteroatoms. The van der Waals surface area contributed by atoms with Crippen LogP contribution in [0.5, 0.6) is 0 Å². The molecule has 1 aromatic carbocycles. The summed E-state index contributed by atoms with van der Waals surface area (Å²) in [7, 11) is 0. The molecule has 0 unspecified atom stereocenters. The summed E-state index contributed by atoms with van der Waals surface area (Å²) in [6, 6.07) is 7.16. The maximum Gasteiger partial charge on any atom is 0.148 e. The Kier molecular flexibility index (Phi) is 4.55. The third-order valence-corrected chi connectivity index (χ3v) is 3.21. The number of rotatable bonds is 5. The van der Waals surface area contributed by atoms with Crippen LogP contribution < -0.4 is 5.32 Å². The molecule has 0 saturated carbocycles. The molecular weight excluding hydrogens is 253 g/mol. The first-order valence-corrected chi connectivity index (χ1v) is 7.05. The van der Waals surface area contributed by atoms with Crippen LogP contribution in [-0.4, -0.2) is 15.8 Å². The topological polar surface area (TPSA) is 29.9 Å². The molecule has 0 aliphatic heterocycles. The fraction of sp³-hybridized carbons (Fsp3) is 0.438. The zero-order chi connectivity index (χ0) is 14.7. The van der Waals surface area contributed by atoms with Crippen LogP contribution in [0.1, 0.15) is 44.9 Å². The van der Waals surface area contributed by atoms with E-state index in [0.717, 1.165) is 17.8 Å². The lowest BCUT2D eigenvalue weighted by Gasteiger charge is -2.14. The van der Waals surface area contributed by atoms with Gasteiger partial charge in [0.25, 0.3) is 0 Å². The predicted molar refractivity (Wildman–Crippen MR) is 79.6 cm³/mol. The molecule has 0 bridgehead atoms. The second kappa shape index (κ2) is 6.18. The predicted octanol–water partition coefficient (Wildman–Crippen LogP) is 3.63. The summed E-state index contributed by atoms with van der Waals surface area (Å²) in [5, 5.41) is 7.77. The van der Waals surface area contributed by atoms with Crippen LogP contribution in [-0.2, 0) is 6.54 Å². The Morgan fingerprint density at radius 3 is 2.50 bits per heavy atom. The zero-order valence-corrected chi connectivity index (χ0v) is 12.5. The molecule has 20 heavy (non-hydrogen) atoms. The third kappa shape index (κ3) is 3.07. The highest BCUT2D eigenvalue weighted by atomic mass is 19.1. The van der Waals surface area contributed by atoms with Crippen molar-refractivity contribution in [2.24, 2.45) is 0 Å². The average molecular weight is 275 g/mol. The van der Waals surface area contributed by atoms with Gasteiger partial charge in [-0.25, -0.2) is 9.07 Å². The first-order chi connectivity index (χ1) is 9.50. The van der Waals surface area contributed by atoms with Gasteiger partial charge in [-0.3, -0.25) is 0 Å². The smallest absolute Gasteiger partial charge is 0.148 e. The lowest BCUT2D eigenvalue weighted by Crippen LogP contribution is -2.22. The second-order valence-electron chi connectivity index (χ2n) is 5.61. The van der Waals surface area contributed by atoms with E-state index in [9.17, 15) is 4.39 Å². The molecule has 0 fully saturated rings. The Labute approximate surface area is 119 Å². The second-order valence-corrected chi connectivity index (χ2v) is 5.61. The molecule has 0 radical (unpaired) electrons. The summed E-state index contributed by atoms with van der Waals surface area (Å²) in [4.78, 5) is 0. The number of para-hydroxylation sites is 1. The van der Waals surface area contributed by atoms with Crippen molar-refractivity contribution in [3.63, 3.8) is 0 Å². The number of hydrogen-bond acceptors (Lipinski definition) is 2. The summed E-state index contributed by atoms with van der Waals surface area (Å²) in [6.07, 6.45) is 1.83. The number of nitrogens with zero attached hydrogens (tertiary/aromatic N) is 2. The van der Waals surface area contributed by atoms with E-state index in [1.165, 1.54) is 6.07 Å². The fourth-order valence-electron chi connectivity index (χ4n) is 2.27. The Hall–Kier alpha value is -1.68. The molecule has 2 rings (SSSR count). The van der Waals surface area contributed by atoms with Crippen molar-refractivity contribution in [2.45, 2.75) is 46.2 Å². The van der Waals surface area contributed by atoms with Gasteiger partial charge < -0.3 is 5.32 Å². The van der Waals surface area contributed by atoms with Crippen LogP contribution >= 0.6 is 0 Å². The van der Waals surface area contributed by atoms with Gasteiger partial charge in [0.1, 0.15) is 11.5 Å². The van der Waals surface area contributed by atoms with Crippen LogP contribution in [0, 0.1) is 5.82 Å². The third-order valence-electron chi connectivity index (χ3n) is 3.21. The van der Waals surface area contributed by atoms with Crippen LogP contribution in [0.3, 0.4) is 0 Å². The minimum Gasteiger partial charge on any atom is -0.310 e. The molecule has 108 valence electrons. The van der Waals surface area contributed by atoms with Gasteiger partial charge in [-0.1, -0.05) is 39.8 Å². The van der Waals surface area contributed by atoms with Crippen molar-refractivity contribution in [1.82, 2.24) is 15.1 Å². The van der Waals surface area contributed by atoms with Gasteiger partial charge in [0.2, 0.25) is 0 Å². The van der Waals surface area contributed by atoms with Gasteiger partial charge in [-0.05, 0) is 18.1 Å². The first kappa shape index (κ1) is 14.7. The van der Waals surface area contributed by atoms with E-state index in [0.29, 0.717) is 11.7 Å². The van der Waals surface area contributed by atoms with E-state index in [1.54, 1.807) is 16.8 Å². The lowest BCUT2D eigenvalue weighted by molar-refractivity contribution is 0.579. The highest BCUT2D eigenvalue weighted by Gasteiger charge is 2.17. The van der Waals surface area contributed by atoms with Gasteiger partial charge in [-0.15, -0.1) is 0 Å². The van der Waals surface area contributed by atoms with Crippen molar-refractivity contribution in [3.8, 4) is 5.69 Å². The van der Waals surface area contributed by atoms with Crippen LogP contribution in [0.2, 0.25) is 0 Å². The lowest BCUT2D eigenvalue weighted by atomic mass is 10.1. The molecule has 1 heterocycles. The molecule has 0 amide bonds. The Bertz CT molecular complexity index is 573. The van der Waals surface area contributed by atoms with Crippen molar-refractivity contribution in [2.75, 3.05) is 0 Å². The molecule has 2 aromatic rings. The molecule has 1 N–H and O–H groups in total. The van der Waals surface area contributed by atoms with Gasteiger partial charge in [-0.2, -0.15) is 5.10 Å². The largest absolute Gasteiger partial charge is 0.310 e. The van der Waals surface area contributed by atoms with E-state index in [-0.39, 0.29) is 11.7 Å². The van der Waals surface area contributed by atoms with Crippen molar-refractivity contribution in [3.05, 3.63) is 47.5 Å². The van der Waals surface area contributed by atoms with Crippen LogP contribution in [0.25, 0.3) is 5.69 Å². The zero-order valence-electron chi connectivity index (χ0n) is 12.5. The maximum atomic E-state index is 14.0. The molecule has 0 aliphatic rings. The highest BCUT2D eigenvalue weighted by molar-refractivity contribution is 5.37. The normalized spacial score (nSPS) is 11.6. The molecule has 0 saturated heterocycles. The number of benzene rings is 1. The summed E-state index contributed by atoms with van der Waals surface area (Å²) in [6.45, 7) is 9.17. The minimum atomic E-state index is -0.249. The number of aromatic nitrogens is 2. The van der Waals surface area contributed by atoms with Gasteiger partial charge in [0.15, 0.2) is 0 Å². The number of nitrogens with one attached hydrogen (secondary N) is 1. The molecule has 3 nitrogen and oxygen atoms in total. The van der Waals surface area contributed by atoms with E-state index < -0.39 is 0 Å². The molecular formula is C16H22FN3. The quantitative estimate of drug-likeness (QED) is 0.903. The van der Waals surface area contributed by atoms with Crippen molar-refractivity contribution in [1.29, 1.82) is 0 Å². The minimum absolute atomic E-state index is 0.249. The number of halogens is 1. The molecule has 0 spiro atoms. The maximum absolute atomic E-state index is 14.0. The Balaban J connectivity index is 2.42. The van der Waals surface area contributed by atoms with Gasteiger partial charge in [0.05, 0.1) is 11.9 Å². The van der Waals surface area contributed by atoms with E-state index >= 15 is 0 Å². The van der Waals surface area contributed by atoms with Crippen LogP contribution in [0.4, 0.5) is 4.39 Å². The fourth-order valence-corrected chi connectivity index (χ4v) is 2.27. The van der Waals surface area contributed by atoms with Gasteiger partial charge >= 0.3 is 0 Å². The highest BCUT2D eigenvalue weighted by Crippen LogP contribution is 2.24. The standard InChI is InChI=1S/C16H22FN3/c1-11(2)16-13(9-18-12(3)4)10-19-20(16)15-8-6-5-7-14(15)17/h5-8,10-12,18H,9H2,1-4H3. The van der Waals surface area contributed by atoms with E-state index in [4.69, 9.17) is 0 Å². The summed E-state index contributed by atoms with van der Waals surface area (Å²) in [5.74, 6) is 0.0296. The SMILES string of the molecule is CC(C)NCc1cnn(-c2ccccc2F)c1C(C)C.